The summed E-state index contributed by atoms with van der Waals surface area (Å²) in [5.41, 5.74) is 0.876. The molecule has 0 radical (unpaired) electrons. The highest BCUT2D eigenvalue weighted by molar-refractivity contribution is 5.87. The number of carboxylic acid groups (broad SMARTS) is 1. The van der Waals surface area contributed by atoms with Crippen LogP contribution in [0, 0.1) is 0 Å². The summed E-state index contributed by atoms with van der Waals surface area (Å²) in [4.78, 5) is 14.9. The van der Waals surface area contributed by atoms with Crippen molar-refractivity contribution < 1.29 is 9.90 Å². The number of nitrogens with zero attached hydrogens (tertiary/aromatic N) is 5. The molecule has 3 aromatic heterocycles. The van der Waals surface area contributed by atoms with Gasteiger partial charge in [0.1, 0.15) is 5.52 Å². The Hall–Kier alpha value is -2.70. The Labute approximate surface area is 94.9 Å². The first-order valence-corrected chi connectivity index (χ1v) is 4.82. The van der Waals surface area contributed by atoms with Gasteiger partial charge in [-0.2, -0.15) is 10.2 Å². The molecule has 0 bridgehead atoms. The highest BCUT2D eigenvalue weighted by Crippen LogP contribution is 2.12. The molecule has 0 saturated carbocycles. The van der Waals surface area contributed by atoms with E-state index in [4.69, 9.17) is 5.11 Å². The second-order valence-electron chi connectivity index (χ2n) is 3.39. The van der Waals surface area contributed by atoms with E-state index in [0.717, 1.165) is 5.52 Å². The standard InChI is InChI=1S/C10H7N5O2/c16-10(17)7-5-13-15(6-7)9-8-1-2-12-14(8)4-3-11-9/h1-6H,(H,16,17). The molecule has 0 amide bonds. The van der Waals surface area contributed by atoms with Crippen molar-refractivity contribution in [3.63, 3.8) is 0 Å². The molecule has 0 aliphatic rings. The second-order valence-corrected chi connectivity index (χ2v) is 3.39. The molecule has 1 N–H and O–H groups in total. The van der Waals surface area contributed by atoms with Crippen LogP contribution < -0.4 is 0 Å². The number of aromatic carboxylic acids is 1. The fraction of sp³-hybridized carbons (Fsp3) is 0. The number of fused-ring (bicyclic) bond motifs is 1. The van der Waals surface area contributed by atoms with Crippen LogP contribution in [0.2, 0.25) is 0 Å². The van der Waals surface area contributed by atoms with Crippen molar-refractivity contribution >= 4 is 11.5 Å². The molecular formula is C10H7N5O2. The number of hydrogen-bond acceptors (Lipinski definition) is 4. The van der Waals surface area contributed by atoms with Gasteiger partial charge in [-0.3, -0.25) is 0 Å². The van der Waals surface area contributed by atoms with Crippen LogP contribution in [-0.4, -0.2) is 35.5 Å². The number of aromatic nitrogens is 5. The molecule has 3 rings (SSSR count). The van der Waals surface area contributed by atoms with Gasteiger partial charge in [-0.25, -0.2) is 19.0 Å². The molecule has 0 aliphatic carbocycles. The average Bonchev–Trinajstić information content (AvgIpc) is 2.97. The first kappa shape index (κ1) is 9.52. The van der Waals surface area contributed by atoms with Gasteiger partial charge in [0.25, 0.3) is 0 Å². The van der Waals surface area contributed by atoms with Crippen LogP contribution in [0.4, 0.5) is 0 Å². The maximum absolute atomic E-state index is 10.8. The first-order valence-electron chi connectivity index (χ1n) is 4.82. The molecule has 84 valence electrons. The zero-order chi connectivity index (χ0) is 11.8. The summed E-state index contributed by atoms with van der Waals surface area (Å²) in [6, 6.07) is 1.78. The quantitative estimate of drug-likeness (QED) is 0.696. The summed E-state index contributed by atoms with van der Waals surface area (Å²) in [5.74, 6) is -0.478. The molecule has 17 heavy (non-hydrogen) atoms. The Balaban J connectivity index is 2.19. The number of carboxylic acids is 1. The molecule has 3 aromatic rings. The smallest absolute Gasteiger partial charge is 0.338 e. The van der Waals surface area contributed by atoms with Crippen molar-refractivity contribution in [3.8, 4) is 5.82 Å². The van der Waals surface area contributed by atoms with E-state index in [-0.39, 0.29) is 5.56 Å². The monoisotopic (exact) mass is 229 g/mol. The molecule has 7 heteroatoms. The Bertz CT molecular complexity index is 699. The van der Waals surface area contributed by atoms with E-state index >= 15 is 0 Å². The van der Waals surface area contributed by atoms with E-state index in [9.17, 15) is 4.79 Å². The van der Waals surface area contributed by atoms with Crippen LogP contribution in [0.15, 0.2) is 37.1 Å². The summed E-state index contributed by atoms with van der Waals surface area (Å²) in [7, 11) is 0. The van der Waals surface area contributed by atoms with E-state index in [0.29, 0.717) is 5.82 Å². The van der Waals surface area contributed by atoms with Gasteiger partial charge < -0.3 is 5.11 Å². The summed E-state index contributed by atoms with van der Waals surface area (Å²) >= 11 is 0. The largest absolute Gasteiger partial charge is 0.478 e. The summed E-state index contributed by atoms with van der Waals surface area (Å²) in [5, 5.41) is 16.9. The van der Waals surface area contributed by atoms with E-state index in [1.807, 2.05) is 0 Å². The third-order valence-corrected chi connectivity index (χ3v) is 2.35. The van der Waals surface area contributed by atoms with Crippen LogP contribution in [0.5, 0.6) is 0 Å². The highest BCUT2D eigenvalue weighted by Gasteiger charge is 2.10. The maximum Gasteiger partial charge on any atom is 0.338 e. The van der Waals surface area contributed by atoms with Crippen LogP contribution in [0.25, 0.3) is 11.3 Å². The maximum atomic E-state index is 10.8. The van der Waals surface area contributed by atoms with Crippen molar-refractivity contribution in [2.75, 3.05) is 0 Å². The topological polar surface area (TPSA) is 85.3 Å². The highest BCUT2D eigenvalue weighted by atomic mass is 16.4. The van der Waals surface area contributed by atoms with Gasteiger partial charge in [-0.05, 0) is 6.07 Å². The van der Waals surface area contributed by atoms with Gasteiger partial charge in [-0.15, -0.1) is 0 Å². The van der Waals surface area contributed by atoms with Crippen molar-refractivity contribution in [2.24, 2.45) is 0 Å². The Morgan fingerprint density at radius 3 is 2.94 bits per heavy atom. The zero-order valence-corrected chi connectivity index (χ0v) is 8.56. The Kier molecular flexibility index (Phi) is 1.91. The molecule has 0 aliphatic heterocycles. The van der Waals surface area contributed by atoms with Crippen LogP contribution in [-0.2, 0) is 0 Å². The molecular weight excluding hydrogens is 222 g/mol. The second kappa shape index (κ2) is 3.41. The molecule has 7 nitrogen and oxygen atoms in total. The van der Waals surface area contributed by atoms with Gasteiger partial charge in [0.15, 0.2) is 5.82 Å². The minimum Gasteiger partial charge on any atom is -0.478 e. The van der Waals surface area contributed by atoms with Crippen molar-refractivity contribution in [1.29, 1.82) is 0 Å². The number of carbonyl (C=O) groups is 1. The Morgan fingerprint density at radius 1 is 1.29 bits per heavy atom. The normalized spacial score (nSPS) is 10.8. The van der Waals surface area contributed by atoms with Crippen LogP contribution in [0.1, 0.15) is 10.4 Å². The van der Waals surface area contributed by atoms with Gasteiger partial charge in [0.2, 0.25) is 0 Å². The van der Waals surface area contributed by atoms with Crippen LogP contribution >= 0.6 is 0 Å². The third kappa shape index (κ3) is 1.44. The number of hydrogen-bond donors (Lipinski definition) is 1. The molecule has 0 unspecified atom stereocenters. The van der Waals surface area contributed by atoms with Crippen molar-refractivity contribution in [3.05, 3.63) is 42.6 Å². The van der Waals surface area contributed by atoms with Crippen LogP contribution in [0.3, 0.4) is 0 Å². The molecule has 0 fully saturated rings. The van der Waals surface area contributed by atoms with E-state index in [1.165, 1.54) is 17.1 Å². The third-order valence-electron chi connectivity index (χ3n) is 2.35. The SMILES string of the molecule is O=C(O)c1cnn(-c2nccn3nccc23)c1. The lowest BCUT2D eigenvalue weighted by Gasteiger charge is -2.01. The summed E-state index contributed by atoms with van der Waals surface area (Å²) in [6.07, 6.45) is 7.63. The minimum atomic E-state index is -1.02. The average molecular weight is 229 g/mol. The summed E-state index contributed by atoms with van der Waals surface area (Å²) < 4.78 is 3.06. The molecule has 0 spiro atoms. The summed E-state index contributed by atoms with van der Waals surface area (Å²) in [6.45, 7) is 0. The molecule has 0 atom stereocenters. The molecule has 0 saturated heterocycles. The van der Waals surface area contributed by atoms with Gasteiger partial charge in [-0.1, -0.05) is 0 Å². The lowest BCUT2D eigenvalue weighted by molar-refractivity contribution is 0.0697. The lowest BCUT2D eigenvalue weighted by atomic mass is 10.4. The fourth-order valence-corrected chi connectivity index (χ4v) is 1.57. The minimum absolute atomic E-state index is 0.119. The zero-order valence-electron chi connectivity index (χ0n) is 8.56. The van der Waals surface area contributed by atoms with Crippen molar-refractivity contribution in [1.82, 2.24) is 24.4 Å². The van der Waals surface area contributed by atoms with Gasteiger partial charge in [0, 0.05) is 18.6 Å². The van der Waals surface area contributed by atoms with Gasteiger partial charge in [0.05, 0.1) is 18.0 Å². The van der Waals surface area contributed by atoms with Crippen molar-refractivity contribution in [2.45, 2.75) is 0 Å². The molecule has 3 heterocycles. The van der Waals surface area contributed by atoms with Gasteiger partial charge >= 0.3 is 5.97 Å². The Morgan fingerprint density at radius 2 is 2.18 bits per heavy atom. The lowest BCUT2D eigenvalue weighted by Crippen LogP contribution is -2.01. The molecule has 0 aromatic carbocycles. The fourth-order valence-electron chi connectivity index (χ4n) is 1.57. The number of rotatable bonds is 2. The van der Waals surface area contributed by atoms with E-state index in [1.54, 1.807) is 29.2 Å². The van der Waals surface area contributed by atoms with E-state index < -0.39 is 5.97 Å². The van der Waals surface area contributed by atoms with E-state index in [2.05, 4.69) is 15.2 Å². The first-order chi connectivity index (χ1) is 8.25. The predicted molar refractivity (Wildman–Crippen MR) is 57.1 cm³/mol. The predicted octanol–water partition coefficient (Wildman–Crippen LogP) is 0.613.